The van der Waals surface area contributed by atoms with Gasteiger partial charge in [-0.2, -0.15) is 0 Å². The van der Waals surface area contributed by atoms with E-state index in [0.717, 1.165) is 49.0 Å². The van der Waals surface area contributed by atoms with E-state index in [4.69, 9.17) is 28.4 Å². The Morgan fingerprint density at radius 3 is 1.61 bits per heavy atom. The molecule has 1 N–H and O–H groups in total. The van der Waals surface area contributed by atoms with Crippen molar-refractivity contribution in [1.82, 2.24) is 24.9 Å². The Balaban J connectivity index is 1.76. The first-order valence-electron chi connectivity index (χ1n) is 24.3. The molecule has 69 heavy (non-hydrogen) atoms. The number of hydrogen-bond acceptors (Lipinski definition) is 14. The molecule has 0 fully saturated rings. The Hall–Kier alpha value is -5.62. The summed E-state index contributed by atoms with van der Waals surface area (Å²) in [5.74, 6) is 1.29. The lowest BCUT2D eigenvalue weighted by molar-refractivity contribution is 0.0265. The molecule has 2 aliphatic heterocycles. The fourth-order valence-corrected chi connectivity index (χ4v) is 6.67. The third kappa shape index (κ3) is 22.1. The number of hydrogen-bond donors (Lipinski definition) is 1. The van der Waals surface area contributed by atoms with E-state index in [2.05, 4.69) is 20.3 Å². The van der Waals surface area contributed by atoms with Crippen molar-refractivity contribution in [3.63, 3.8) is 0 Å². The van der Waals surface area contributed by atoms with Gasteiger partial charge in [-0.1, -0.05) is 25.7 Å². The fourth-order valence-electron chi connectivity index (χ4n) is 6.67. The second-order valence-corrected chi connectivity index (χ2v) is 22.0. The van der Waals surface area contributed by atoms with Crippen LogP contribution >= 0.6 is 0 Å². The molecular weight excluding hydrogens is 889 g/mol. The highest BCUT2D eigenvalue weighted by atomic mass is 16.6. The number of carbonyl (C=O) groups is 5. The summed E-state index contributed by atoms with van der Waals surface area (Å²) in [5, 5.41) is 3.27. The maximum atomic E-state index is 14.1. The lowest BCUT2D eigenvalue weighted by Crippen LogP contribution is -2.53. The standard InChI is InChI=1S/C50H82N8O11/c1-46(2,3)65-41(59)54-40(57(44(62)68-49(10,11)12)31-21-19-17-16-18-20-28-52-39-53-30-34-56(39)43(61)67-48(7,8)9)58(45(63)69-50(13,14)15)33-23-35-64-37-26-24-36(25-27-37)38-51-29-22-32-55(38)42(60)66-47(4,5)6/h24-27H,16-23,28-35H2,1-15H3,(H,52,53). The first-order chi connectivity index (χ1) is 31.9. The Kier molecular flexibility index (Phi) is 21.2. The normalized spacial score (nSPS) is 14.9. The molecule has 5 amide bonds. The molecule has 1 aromatic carbocycles. The van der Waals surface area contributed by atoms with E-state index in [-0.39, 0.29) is 32.1 Å². The van der Waals surface area contributed by atoms with Crippen molar-refractivity contribution < 1.29 is 52.4 Å². The summed E-state index contributed by atoms with van der Waals surface area (Å²) >= 11 is 0. The molecule has 3 rings (SSSR count). The molecule has 19 nitrogen and oxygen atoms in total. The first-order valence-corrected chi connectivity index (χ1v) is 24.3. The number of amidine groups is 1. The van der Waals surface area contributed by atoms with Crippen molar-refractivity contribution in [3.05, 3.63) is 29.8 Å². The second-order valence-electron chi connectivity index (χ2n) is 22.0. The van der Waals surface area contributed by atoms with Gasteiger partial charge in [0.05, 0.1) is 19.7 Å². The van der Waals surface area contributed by atoms with Crippen LogP contribution in [0.3, 0.4) is 0 Å². The number of guanidine groups is 2. The molecule has 0 aliphatic carbocycles. The van der Waals surface area contributed by atoms with E-state index in [0.29, 0.717) is 56.7 Å². The monoisotopic (exact) mass is 971 g/mol. The van der Waals surface area contributed by atoms with Gasteiger partial charge in [-0.05, 0) is 154 Å². The first kappa shape index (κ1) is 57.7. The third-order valence-electron chi connectivity index (χ3n) is 9.42. The van der Waals surface area contributed by atoms with Crippen LogP contribution < -0.4 is 10.1 Å². The maximum absolute atomic E-state index is 14.1. The van der Waals surface area contributed by atoms with Crippen LogP contribution in [0.2, 0.25) is 0 Å². The summed E-state index contributed by atoms with van der Waals surface area (Å²) in [5.41, 5.74) is -3.33. The third-order valence-corrected chi connectivity index (χ3v) is 9.42. The molecule has 0 saturated heterocycles. The molecule has 2 heterocycles. The van der Waals surface area contributed by atoms with Crippen molar-refractivity contribution in [2.24, 2.45) is 15.0 Å². The van der Waals surface area contributed by atoms with Gasteiger partial charge in [0.25, 0.3) is 0 Å². The van der Waals surface area contributed by atoms with Crippen molar-refractivity contribution in [3.8, 4) is 5.75 Å². The van der Waals surface area contributed by atoms with Crippen molar-refractivity contribution in [2.45, 2.75) is 183 Å². The minimum absolute atomic E-state index is 0.0639. The molecule has 388 valence electrons. The minimum Gasteiger partial charge on any atom is -0.494 e. The number of nitrogens with zero attached hydrogens (tertiary/aromatic N) is 7. The predicted molar refractivity (Wildman–Crippen MR) is 266 cm³/mol. The molecule has 0 unspecified atom stereocenters. The largest absolute Gasteiger partial charge is 0.494 e. The van der Waals surface area contributed by atoms with Gasteiger partial charge in [-0.15, -0.1) is 4.99 Å². The van der Waals surface area contributed by atoms with Crippen LogP contribution in [0.25, 0.3) is 0 Å². The zero-order valence-electron chi connectivity index (χ0n) is 44.2. The number of amides is 5. The van der Waals surface area contributed by atoms with E-state index in [9.17, 15) is 24.0 Å². The molecule has 0 radical (unpaired) electrons. The highest BCUT2D eigenvalue weighted by molar-refractivity contribution is 6.07. The van der Waals surface area contributed by atoms with Gasteiger partial charge in [-0.25, -0.2) is 38.7 Å². The number of aliphatic imine (C=N–C) groups is 3. The van der Waals surface area contributed by atoms with Gasteiger partial charge in [0.2, 0.25) is 11.9 Å². The molecule has 0 bridgehead atoms. The summed E-state index contributed by atoms with van der Waals surface area (Å²) in [7, 11) is 0. The molecule has 0 saturated carbocycles. The van der Waals surface area contributed by atoms with Gasteiger partial charge >= 0.3 is 30.5 Å². The highest BCUT2D eigenvalue weighted by Gasteiger charge is 2.36. The van der Waals surface area contributed by atoms with Gasteiger partial charge in [-0.3, -0.25) is 14.9 Å². The topological polar surface area (TPSA) is 203 Å². The Labute approximate surface area is 410 Å². The molecular formula is C50H82N8O11. The molecule has 0 aromatic heterocycles. The van der Waals surface area contributed by atoms with Crippen LogP contribution in [0, 0.1) is 0 Å². The molecule has 1 aromatic rings. The summed E-state index contributed by atoms with van der Waals surface area (Å²) < 4.78 is 34.5. The number of carbonyl (C=O) groups excluding carboxylic acids is 5. The number of benzene rings is 1. The number of ether oxygens (including phenoxy) is 6. The zero-order valence-corrected chi connectivity index (χ0v) is 44.2. The van der Waals surface area contributed by atoms with Crippen molar-refractivity contribution in [2.75, 3.05) is 52.4 Å². The predicted octanol–water partition coefficient (Wildman–Crippen LogP) is 10.1. The average Bonchev–Trinajstić information content (AvgIpc) is 3.67. The smallest absolute Gasteiger partial charge is 0.437 e. The molecule has 0 atom stereocenters. The van der Waals surface area contributed by atoms with Crippen LogP contribution in [-0.2, 0) is 23.7 Å². The summed E-state index contributed by atoms with van der Waals surface area (Å²) in [4.78, 5) is 86.1. The van der Waals surface area contributed by atoms with Crippen molar-refractivity contribution in [1.29, 1.82) is 0 Å². The Morgan fingerprint density at radius 2 is 1.07 bits per heavy atom. The number of rotatable bonds is 15. The Bertz CT molecular complexity index is 1970. The Morgan fingerprint density at radius 1 is 0.580 bits per heavy atom. The van der Waals surface area contributed by atoms with Crippen molar-refractivity contribution >= 4 is 48.2 Å². The maximum Gasteiger partial charge on any atom is 0.437 e. The number of unbranched alkanes of at least 4 members (excludes halogenated alkanes) is 5. The van der Waals surface area contributed by atoms with Gasteiger partial charge in [0.1, 0.15) is 39.6 Å². The second kappa shape index (κ2) is 25.3. The lowest BCUT2D eigenvalue weighted by Gasteiger charge is -2.34. The van der Waals surface area contributed by atoms with Crippen LogP contribution in [0.15, 0.2) is 39.2 Å². The fraction of sp³-hybridized carbons (Fsp3) is 0.720. The van der Waals surface area contributed by atoms with Crippen LogP contribution in [0.5, 0.6) is 5.75 Å². The SMILES string of the molecule is CC(C)(C)OC(=O)N=C(N(CCCCCCCCNC1=NCCN1C(=O)OC(C)(C)C)C(=O)OC(C)(C)C)N(CCCOc1ccc(C2=NCCCN2C(=O)OC(C)(C)C)cc1)C(=O)OC(C)(C)C. The van der Waals surface area contributed by atoms with Crippen LogP contribution in [0.1, 0.15) is 161 Å². The summed E-state index contributed by atoms with van der Waals surface area (Å²) in [6.45, 7) is 29.2. The molecule has 19 heteroatoms. The number of nitrogens with one attached hydrogen (secondary N) is 1. The van der Waals surface area contributed by atoms with Crippen LogP contribution in [0.4, 0.5) is 24.0 Å². The van der Waals surface area contributed by atoms with E-state index in [1.807, 2.05) is 53.7 Å². The van der Waals surface area contributed by atoms with E-state index in [1.165, 1.54) is 9.80 Å². The highest BCUT2D eigenvalue weighted by Crippen LogP contribution is 2.22. The molecule has 0 spiro atoms. The van der Waals surface area contributed by atoms with Gasteiger partial charge in [0, 0.05) is 38.3 Å². The average molecular weight is 971 g/mol. The van der Waals surface area contributed by atoms with E-state index in [1.54, 1.807) is 79.3 Å². The van der Waals surface area contributed by atoms with Gasteiger partial charge in [0.15, 0.2) is 0 Å². The molecule has 2 aliphatic rings. The minimum atomic E-state index is -1.00. The van der Waals surface area contributed by atoms with E-state index >= 15 is 0 Å². The lowest BCUT2D eigenvalue weighted by atomic mass is 10.1. The van der Waals surface area contributed by atoms with Crippen LogP contribution in [-0.4, -0.2) is 148 Å². The summed E-state index contributed by atoms with van der Waals surface area (Å²) in [6.07, 6.45) is 2.16. The van der Waals surface area contributed by atoms with Gasteiger partial charge < -0.3 is 33.7 Å². The zero-order chi connectivity index (χ0) is 51.8. The summed E-state index contributed by atoms with van der Waals surface area (Å²) in [6, 6.07) is 7.19. The van der Waals surface area contributed by atoms with E-state index < -0.39 is 58.5 Å². The quantitative estimate of drug-likeness (QED) is 0.0755.